The Morgan fingerprint density at radius 1 is 1.17 bits per heavy atom. The Morgan fingerprint density at radius 2 is 1.83 bits per heavy atom. The fraction of sp³-hybridized carbons (Fsp3) is 0.333. The lowest BCUT2D eigenvalue weighted by Gasteiger charge is -2.09. The lowest BCUT2D eigenvalue weighted by Crippen LogP contribution is -2.18. The number of amides is 1. The number of carbonyl (C=O) groups is 2. The van der Waals surface area contributed by atoms with Crippen molar-refractivity contribution in [1.29, 1.82) is 0 Å². The van der Waals surface area contributed by atoms with Crippen LogP contribution in [0.4, 0.5) is 5.69 Å². The van der Waals surface area contributed by atoms with E-state index in [1.165, 1.54) is 5.56 Å². The minimum absolute atomic E-state index is 0.0405. The van der Waals surface area contributed by atoms with Crippen LogP contribution in [0, 0.1) is 6.92 Å². The average Bonchev–Trinajstić information content (AvgIpc) is 2.83. The number of carboxylic acids is 1. The fourth-order valence-corrected chi connectivity index (χ4v) is 2.69. The molecular weight excluding hydrogens is 292 g/mol. The summed E-state index contributed by atoms with van der Waals surface area (Å²) >= 11 is 0. The van der Waals surface area contributed by atoms with Gasteiger partial charge in [-0.05, 0) is 43.5 Å². The van der Waals surface area contributed by atoms with Crippen molar-refractivity contribution in [2.45, 2.75) is 40.2 Å². The number of rotatable bonds is 6. The number of aromatic carboxylic acids is 1. The molecule has 0 saturated carbocycles. The molecule has 0 radical (unpaired) electrons. The zero-order chi connectivity index (χ0) is 17.0. The van der Waals surface area contributed by atoms with Crippen LogP contribution in [0.15, 0.2) is 30.5 Å². The monoisotopic (exact) mass is 314 g/mol. The molecule has 2 aromatic rings. The summed E-state index contributed by atoms with van der Waals surface area (Å²) in [5.74, 6) is -1.21. The van der Waals surface area contributed by atoms with Gasteiger partial charge in [-0.25, -0.2) is 4.79 Å². The Hall–Kier alpha value is -2.56. The molecule has 0 atom stereocenters. The van der Waals surface area contributed by atoms with Crippen molar-refractivity contribution in [2.24, 2.45) is 0 Å². The van der Waals surface area contributed by atoms with Crippen LogP contribution in [0.3, 0.4) is 0 Å². The second-order valence-corrected chi connectivity index (χ2v) is 5.50. The summed E-state index contributed by atoms with van der Waals surface area (Å²) in [5, 5.41) is 12.2. The number of carboxylic acid groups (broad SMARTS) is 1. The lowest BCUT2D eigenvalue weighted by atomic mass is 10.1. The summed E-state index contributed by atoms with van der Waals surface area (Å²) in [6, 6.07) is 7.66. The molecule has 0 fully saturated rings. The van der Waals surface area contributed by atoms with Gasteiger partial charge in [0.2, 0.25) is 5.91 Å². The third-order valence-electron chi connectivity index (χ3n) is 3.91. The molecule has 0 aliphatic heterocycles. The predicted octanol–water partition coefficient (Wildman–Crippen LogP) is 3.26. The van der Waals surface area contributed by atoms with Crippen LogP contribution in [-0.4, -0.2) is 21.6 Å². The highest BCUT2D eigenvalue weighted by Crippen LogP contribution is 2.19. The number of anilines is 1. The SMILES string of the molecule is CCc1ccc(NC(=O)Cc2c(C(=O)O)c(C)cn2CC)cc1. The van der Waals surface area contributed by atoms with Gasteiger partial charge < -0.3 is 15.0 Å². The smallest absolute Gasteiger partial charge is 0.337 e. The van der Waals surface area contributed by atoms with Crippen molar-refractivity contribution in [3.8, 4) is 0 Å². The number of nitrogens with zero attached hydrogens (tertiary/aromatic N) is 1. The largest absolute Gasteiger partial charge is 0.478 e. The molecule has 0 bridgehead atoms. The molecule has 2 rings (SSSR count). The second-order valence-electron chi connectivity index (χ2n) is 5.50. The molecule has 0 saturated heterocycles. The van der Waals surface area contributed by atoms with Gasteiger partial charge in [-0.1, -0.05) is 19.1 Å². The molecule has 0 aliphatic rings. The van der Waals surface area contributed by atoms with Gasteiger partial charge in [0.05, 0.1) is 12.0 Å². The molecule has 5 nitrogen and oxygen atoms in total. The number of aryl methyl sites for hydroxylation is 3. The van der Waals surface area contributed by atoms with E-state index in [4.69, 9.17) is 0 Å². The van der Waals surface area contributed by atoms with Gasteiger partial charge >= 0.3 is 5.97 Å². The maximum Gasteiger partial charge on any atom is 0.337 e. The quantitative estimate of drug-likeness (QED) is 0.859. The highest BCUT2D eigenvalue weighted by atomic mass is 16.4. The third-order valence-corrected chi connectivity index (χ3v) is 3.91. The van der Waals surface area contributed by atoms with Gasteiger partial charge in [0.25, 0.3) is 0 Å². The van der Waals surface area contributed by atoms with E-state index < -0.39 is 5.97 Å². The lowest BCUT2D eigenvalue weighted by molar-refractivity contribution is -0.115. The number of carbonyl (C=O) groups excluding carboxylic acids is 1. The van der Waals surface area contributed by atoms with Crippen LogP contribution in [0.1, 0.15) is 41.0 Å². The van der Waals surface area contributed by atoms with Crippen LogP contribution < -0.4 is 5.32 Å². The van der Waals surface area contributed by atoms with E-state index in [1.54, 1.807) is 13.1 Å². The number of hydrogen-bond acceptors (Lipinski definition) is 2. The van der Waals surface area contributed by atoms with Gasteiger partial charge in [0.1, 0.15) is 0 Å². The first-order valence-corrected chi connectivity index (χ1v) is 7.76. The van der Waals surface area contributed by atoms with E-state index in [-0.39, 0.29) is 17.9 Å². The molecule has 5 heteroatoms. The van der Waals surface area contributed by atoms with Crippen molar-refractivity contribution < 1.29 is 14.7 Å². The number of aromatic nitrogens is 1. The Morgan fingerprint density at radius 3 is 2.35 bits per heavy atom. The predicted molar refractivity (Wildman–Crippen MR) is 90.0 cm³/mol. The van der Waals surface area contributed by atoms with Crippen LogP contribution in [0.25, 0.3) is 0 Å². The molecule has 0 unspecified atom stereocenters. The van der Waals surface area contributed by atoms with Crippen LogP contribution in [0.5, 0.6) is 0 Å². The van der Waals surface area contributed by atoms with E-state index in [0.717, 1.165) is 12.1 Å². The molecule has 1 amide bonds. The summed E-state index contributed by atoms with van der Waals surface area (Å²) in [5.41, 5.74) is 3.36. The number of nitrogens with one attached hydrogen (secondary N) is 1. The first-order valence-electron chi connectivity index (χ1n) is 7.76. The van der Waals surface area contributed by atoms with Gasteiger partial charge in [0, 0.05) is 24.1 Å². The van der Waals surface area contributed by atoms with Crippen molar-refractivity contribution >= 4 is 17.6 Å². The Balaban J connectivity index is 2.17. The van der Waals surface area contributed by atoms with E-state index in [1.807, 2.05) is 35.8 Å². The summed E-state index contributed by atoms with van der Waals surface area (Å²) in [4.78, 5) is 23.7. The second kappa shape index (κ2) is 7.13. The van der Waals surface area contributed by atoms with Gasteiger partial charge in [0.15, 0.2) is 0 Å². The molecule has 122 valence electrons. The number of benzene rings is 1. The highest BCUT2D eigenvalue weighted by Gasteiger charge is 2.20. The number of hydrogen-bond donors (Lipinski definition) is 2. The van der Waals surface area contributed by atoms with Gasteiger partial charge in [-0.3, -0.25) is 4.79 Å². The third kappa shape index (κ3) is 3.80. The van der Waals surface area contributed by atoms with E-state index in [9.17, 15) is 14.7 Å². The van der Waals surface area contributed by atoms with Crippen molar-refractivity contribution in [1.82, 2.24) is 4.57 Å². The molecule has 1 aromatic heterocycles. The normalized spacial score (nSPS) is 10.6. The van der Waals surface area contributed by atoms with Crippen LogP contribution >= 0.6 is 0 Å². The van der Waals surface area contributed by atoms with Crippen LogP contribution in [-0.2, 0) is 24.2 Å². The molecule has 1 heterocycles. The highest BCUT2D eigenvalue weighted by molar-refractivity contribution is 5.96. The van der Waals surface area contributed by atoms with E-state index in [2.05, 4.69) is 12.2 Å². The first kappa shape index (κ1) is 16.8. The molecular formula is C18H22N2O3. The van der Waals surface area contributed by atoms with E-state index >= 15 is 0 Å². The Labute approximate surface area is 135 Å². The fourth-order valence-electron chi connectivity index (χ4n) is 2.69. The summed E-state index contributed by atoms with van der Waals surface area (Å²) < 4.78 is 1.82. The van der Waals surface area contributed by atoms with Crippen molar-refractivity contribution in [2.75, 3.05) is 5.32 Å². The zero-order valence-electron chi connectivity index (χ0n) is 13.7. The summed E-state index contributed by atoms with van der Waals surface area (Å²) in [7, 11) is 0. The Bertz CT molecular complexity index is 715. The summed E-state index contributed by atoms with van der Waals surface area (Å²) in [6.45, 7) is 6.38. The summed E-state index contributed by atoms with van der Waals surface area (Å²) in [6.07, 6.45) is 2.76. The zero-order valence-corrected chi connectivity index (χ0v) is 13.7. The van der Waals surface area contributed by atoms with E-state index in [0.29, 0.717) is 17.8 Å². The van der Waals surface area contributed by atoms with Crippen molar-refractivity contribution in [3.63, 3.8) is 0 Å². The minimum Gasteiger partial charge on any atom is -0.478 e. The van der Waals surface area contributed by atoms with Crippen LogP contribution in [0.2, 0.25) is 0 Å². The maximum atomic E-state index is 12.3. The topological polar surface area (TPSA) is 71.3 Å². The molecule has 0 aliphatic carbocycles. The average molecular weight is 314 g/mol. The maximum absolute atomic E-state index is 12.3. The Kier molecular flexibility index (Phi) is 5.21. The standard InChI is InChI=1S/C18H22N2O3/c1-4-13-6-8-14(9-7-13)19-16(21)10-15-17(18(22)23)12(3)11-20(15)5-2/h6-9,11H,4-5,10H2,1-3H3,(H,19,21)(H,22,23). The van der Waals surface area contributed by atoms with Gasteiger partial charge in [-0.2, -0.15) is 0 Å². The minimum atomic E-state index is -0.996. The first-order chi connectivity index (χ1) is 11.0. The molecule has 23 heavy (non-hydrogen) atoms. The van der Waals surface area contributed by atoms with Gasteiger partial charge in [-0.15, -0.1) is 0 Å². The van der Waals surface area contributed by atoms with Crippen molar-refractivity contribution in [3.05, 3.63) is 52.8 Å². The molecule has 2 N–H and O–H groups in total. The molecule has 0 spiro atoms. The molecule has 1 aromatic carbocycles.